The van der Waals surface area contributed by atoms with Gasteiger partial charge in [-0.05, 0) is 11.1 Å². The Morgan fingerprint density at radius 3 is 1.64 bits per heavy atom. The van der Waals surface area contributed by atoms with Gasteiger partial charge in [0.15, 0.2) is 0 Å². The molecule has 0 bridgehead atoms. The molecule has 0 saturated heterocycles. The zero-order valence-corrected chi connectivity index (χ0v) is 12.0. The number of alkyl halides is 3. The van der Waals surface area contributed by atoms with Gasteiger partial charge >= 0.3 is 5.51 Å². The molecule has 2 nitrogen and oxygen atoms in total. The third kappa shape index (κ3) is 3.67. The summed E-state index contributed by atoms with van der Waals surface area (Å²) in [6, 6.07) is 17.0. The van der Waals surface area contributed by atoms with Crippen LogP contribution in [0.25, 0.3) is 5.57 Å². The zero-order valence-electron chi connectivity index (χ0n) is 11.2. The van der Waals surface area contributed by atoms with E-state index in [1.165, 1.54) is 0 Å². The average molecular weight is 324 g/mol. The topological polar surface area (TPSA) is 34.1 Å². The van der Waals surface area contributed by atoms with Crippen molar-refractivity contribution in [3.05, 3.63) is 82.9 Å². The lowest BCUT2D eigenvalue weighted by Gasteiger charge is -2.06. The largest absolute Gasteiger partial charge is 0.501 e. The Labute approximate surface area is 126 Å². The summed E-state index contributed by atoms with van der Waals surface area (Å²) < 4.78 is 59.6. The van der Waals surface area contributed by atoms with Crippen molar-refractivity contribution in [3.8, 4) is 0 Å². The van der Waals surface area contributed by atoms with E-state index >= 15 is 0 Å². The molecule has 0 atom stereocenters. The summed E-state index contributed by atoms with van der Waals surface area (Å²) in [5, 5.41) is 0.0718. The van der Waals surface area contributed by atoms with Crippen LogP contribution in [0.4, 0.5) is 13.2 Å². The van der Waals surface area contributed by atoms with Gasteiger partial charge in [-0.15, -0.1) is 0 Å². The molecule has 0 radical (unpaired) electrons. The smallest absolute Gasteiger partial charge is 0.214 e. The van der Waals surface area contributed by atoms with Crippen molar-refractivity contribution in [2.45, 2.75) is 5.51 Å². The van der Waals surface area contributed by atoms with Crippen molar-refractivity contribution in [1.29, 1.82) is 0 Å². The predicted octanol–water partition coefficient (Wildman–Crippen LogP) is 4.17. The van der Waals surface area contributed by atoms with E-state index < -0.39 is 15.3 Å². The lowest BCUT2D eigenvalue weighted by atomic mass is 9.99. The van der Waals surface area contributed by atoms with Gasteiger partial charge < -0.3 is 0 Å². The van der Waals surface area contributed by atoms with E-state index in [9.17, 15) is 21.6 Å². The van der Waals surface area contributed by atoms with Crippen molar-refractivity contribution in [2.24, 2.45) is 0 Å². The lowest BCUT2D eigenvalue weighted by molar-refractivity contribution is -0.0423. The van der Waals surface area contributed by atoms with Crippen LogP contribution in [-0.2, 0) is 9.84 Å². The first-order valence-electron chi connectivity index (χ1n) is 6.20. The average Bonchev–Trinajstić information content (AvgIpc) is 2.48. The summed E-state index contributed by atoms with van der Waals surface area (Å²) in [5.74, 6) is 0. The van der Waals surface area contributed by atoms with E-state index in [-0.39, 0.29) is 11.0 Å². The molecule has 0 amide bonds. The zero-order chi connectivity index (χ0) is 16.2. The molecule has 2 aromatic carbocycles. The fraction of sp³-hybridized carbons (Fsp3) is 0.0625. The maximum atomic E-state index is 12.4. The first kappa shape index (κ1) is 16.1. The normalized spacial score (nSPS) is 11.6. The fourth-order valence-electron chi connectivity index (χ4n) is 1.75. The van der Waals surface area contributed by atoms with Crippen LogP contribution >= 0.6 is 0 Å². The quantitative estimate of drug-likeness (QED) is 0.794. The number of benzene rings is 2. The molecule has 0 fully saturated rings. The number of halogens is 3. The monoisotopic (exact) mass is 324 g/mol. The first-order valence-corrected chi connectivity index (χ1v) is 7.75. The summed E-state index contributed by atoms with van der Waals surface area (Å²) in [7, 11) is -5.37. The molecule has 0 aliphatic carbocycles. The Kier molecular flexibility index (Phi) is 4.54. The van der Waals surface area contributed by atoms with Crippen LogP contribution in [0.5, 0.6) is 0 Å². The van der Waals surface area contributed by atoms with Crippen molar-refractivity contribution in [3.63, 3.8) is 0 Å². The number of sulfone groups is 1. The molecule has 0 spiro atoms. The van der Waals surface area contributed by atoms with Crippen LogP contribution in [0.15, 0.2) is 71.8 Å². The van der Waals surface area contributed by atoms with Crippen LogP contribution in [0, 0.1) is 0 Å². The SMILES string of the molecule is O=S(=O)(C=C=C(c1ccccc1)c1ccccc1)C(F)(F)F. The molecular weight excluding hydrogens is 313 g/mol. The van der Waals surface area contributed by atoms with Gasteiger partial charge in [0.2, 0.25) is 0 Å². The molecule has 0 N–H and O–H groups in total. The van der Waals surface area contributed by atoms with Gasteiger partial charge in [-0.25, -0.2) is 8.42 Å². The molecule has 114 valence electrons. The van der Waals surface area contributed by atoms with Crippen molar-refractivity contribution in [2.75, 3.05) is 0 Å². The van der Waals surface area contributed by atoms with E-state index in [0.717, 1.165) is 0 Å². The summed E-state index contributed by atoms with van der Waals surface area (Å²) >= 11 is 0. The Hall–Kier alpha value is -2.30. The first-order chi connectivity index (χ1) is 10.3. The Balaban J connectivity index is 2.63. The molecule has 0 heterocycles. The van der Waals surface area contributed by atoms with Crippen molar-refractivity contribution < 1.29 is 21.6 Å². The van der Waals surface area contributed by atoms with E-state index in [2.05, 4.69) is 5.73 Å². The van der Waals surface area contributed by atoms with Crippen LogP contribution < -0.4 is 0 Å². The maximum Gasteiger partial charge on any atom is 0.501 e. The van der Waals surface area contributed by atoms with E-state index in [1.54, 1.807) is 60.7 Å². The third-order valence-electron chi connectivity index (χ3n) is 2.81. The minimum absolute atomic E-state index is 0.0718. The molecular formula is C16H11F3O2S. The van der Waals surface area contributed by atoms with E-state index in [1.807, 2.05) is 0 Å². The van der Waals surface area contributed by atoms with Gasteiger partial charge in [-0.1, -0.05) is 66.4 Å². The van der Waals surface area contributed by atoms with E-state index in [0.29, 0.717) is 11.1 Å². The van der Waals surface area contributed by atoms with Gasteiger partial charge in [0.25, 0.3) is 9.84 Å². The highest BCUT2D eigenvalue weighted by atomic mass is 32.2. The number of hydrogen-bond acceptors (Lipinski definition) is 2. The minimum Gasteiger partial charge on any atom is -0.214 e. The van der Waals surface area contributed by atoms with Crippen LogP contribution in [-0.4, -0.2) is 13.9 Å². The Bertz CT molecular complexity index is 760. The van der Waals surface area contributed by atoms with Gasteiger partial charge in [0.05, 0.1) is 5.41 Å². The highest BCUT2D eigenvalue weighted by molar-refractivity contribution is 7.95. The molecule has 0 unspecified atom stereocenters. The second-order valence-corrected chi connectivity index (χ2v) is 6.15. The Morgan fingerprint density at radius 1 is 0.864 bits per heavy atom. The third-order valence-corrected chi connectivity index (χ3v) is 3.88. The van der Waals surface area contributed by atoms with Crippen molar-refractivity contribution in [1.82, 2.24) is 0 Å². The standard InChI is InChI=1S/C16H11F3O2S/c17-16(18,19)22(20,21)12-11-15(13-7-3-1-4-8-13)14-9-5-2-6-10-14/h1-10,12H. The second-order valence-electron chi connectivity index (χ2n) is 4.36. The highest BCUT2D eigenvalue weighted by Crippen LogP contribution is 2.26. The van der Waals surface area contributed by atoms with Crippen LogP contribution in [0.2, 0.25) is 0 Å². The second kappa shape index (κ2) is 6.22. The predicted molar refractivity (Wildman–Crippen MR) is 78.5 cm³/mol. The molecule has 22 heavy (non-hydrogen) atoms. The summed E-state index contributed by atoms with van der Waals surface area (Å²) in [6.45, 7) is 0. The molecule has 2 rings (SSSR count). The van der Waals surface area contributed by atoms with Crippen molar-refractivity contribution >= 4 is 15.4 Å². The minimum atomic E-state index is -5.37. The van der Waals surface area contributed by atoms with Crippen LogP contribution in [0.1, 0.15) is 11.1 Å². The maximum absolute atomic E-state index is 12.4. The van der Waals surface area contributed by atoms with Gasteiger partial charge in [0.1, 0.15) is 0 Å². The highest BCUT2D eigenvalue weighted by Gasteiger charge is 2.43. The Morgan fingerprint density at radius 2 is 1.27 bits per heavy atom. The molecule has 6 heteroatoms. The summed E-state index contributed by atoms with van der Waals surface area (Å²) in [6.07, 6.45) is 0. The summed E-state index contributed by atoms with van der Waals surface area (Å²) in [5.41, 5.74) is -1.64. The number of rotatable bonds is 3. The molecule has 0 aliphatic rings. The molecule has 0 saturated carbocycles. The van der Waals surface area contributed by atoms with E-state index in [4.69, 9.17) is 0 Å². The number of hydrogen-bond donors (Lipinski definition) is 0. The van der Waals surface area contributed by atoms with Crippen LogP contribution in [0.3, 0.4) is 0 Å². The lowest BCUT2D eigenvalue weighted by Crippen LogP contribution is -2.20. The van der Waals surface area contributed by atoms with Gasteiger partial charge in [-0.3, -0.25) is 0 Å². The molecule has 0 aromatic heterocycles. The fourth-order valence-corrected chi connectivity index (χ4v) is 2.15. The summed E-state index contributed by atoms with van der Waals surface area (Å²) in [4.78, 5) is 0. The molecule has 0 aliphatic heterocycles. The van der Waals surface area contributed by atoms with Gasteiger partial charge in [0, 0.05) is 5.57 Å². The molecule has 2 aromatic rings. The van der Waals surface area contributed by atoms with Gasteiger partial charge in [-0.2, -0.15) is 13.2 Å².